The highest BCUT2D eigenvalue weighted by atomic mass is 79.9. The molecule has 2 rings (SSSR count). The molecule has 0 bridgehead atoms. The van der Waals surface area contributed by atoms with E-state index in [1.807, 2.05) is 18.2 Å². The number of nitrogens with one attached hydrogen (secondary N) is 1. The third-order valence-electron chi connectivity index (χ3n) is 2.24. The van der Waals surface area contributed by atoms with Gasteiger partial charge < -0.3 is 11.1 Å². The summed E-state index contributed by atoms with van der Waals surface area (Å²) >= 11 is 3.36. The Bertz CT molecular complexity index is 569. The number of benzene rings is 1. The van der Waals surface area contributed by atoms with Crippen molar-refractivity contribution < 1.29 is 0 Å². The van der Waals surface area contributed by atoms with Crippen molar-refractivity contribution in [2.24, 2.45) is 0 Å². The van der Waals surface area contributed by atoms with Crippen LogP contribution in [-0.4, -0.2) is 4.98 Å². The predicted molar refractivity (Wildman–Crippen MR) is 70.8 cm³/mol. The molecule has 1 aromatic carbocycles. The van der Waals surface area contributed by atoms with E-state index in [1.54, 1.807) is 18.5 Å². The van der Waals surface area contributed by atoms with Crippen LogP contribution in [0.3, 0.4) is 0 Å². The molecule has 2 aromatic rings. The standard InChI is InChI=1S/C12H9BrN4/c13-9-6-16-7-10(15)12(9)17-11-4-2-1-3-8(11)5-14/h1-4,6-7H,15H2,(H,16,17). The fourth-order valence-electron chi connectivity index (χ4n) is 1.41. The summed E-state index contributed by atoms with van der Waals surface area (Å²) in [6.45, 7) is 0. The molecule has 0 fully saturated rings. The topological polar surface area (TPSA) is 74.7 Å². The minimum Gasteiger partial charge on any atom is -0.396 e. The number of anilines is 3. The number of rotatable bonds is 2. The maximum Gasteiger partial charge on any atom is 0.101 e. The number of para-hydroxylation sites is 1. The molecule has 0 atom stereocenters. The summed E-state index contributed by atoms with van der Waals surface area (Å²) in [6, 6.07) is 9.36. The van der Waals surface area contributed by atoms with E-state index in [2.05, 4.69) is 32.3 Å². The smallest absolute Gasteiger partial charge is 0.101 e. The number of aromatic nitrogens is 1. The van der Waals surface area contributed by atoms with E-state index in [9.17, 15) is 0 Å². The van der Waals surface area contributed by atoms with Crippen LogP contribution in [0.2, 0.25) is 0 Å². The van der Waals surface area contributed by atoms with Gasteiger partial charge in [-0.2, -0.15) is 5.26 Å². The van der Waals surface area contributed by atoms with Crippen LogP contribution in [0.1, 0.15) is 5.56 Å². The van der Waals surface area contributed by atoms with Gasteiger partial charge in [0.25, 0.3) is 0 Å². The molecule has 1 aromatic heterocycles. The van der Waals surface area contributed by atoms with Gasteiger partial charge in [0, 0.05) is 6.20 Å². The van der Waals surface area contributed by atoms with Gasteiger partial charge in [-0.05, 0) is 28.1 Å². The van der Waals surface area contributed by atoms with Crippen LogP contribution in [0.25, 0.3) is 0 Å². The van der Waals surface area contributed by atoms with E-state index in [-0.39, 0.29) is 0 Å². The SMILES string of the molecule is N#Cc1ccccc1Nc1c(N)cncc1Br. The summed E-state index contributed by atoms with van der Waals surface area (Å²) in [6.07, 6.45) is 3.20. The Balaban J connectivity index is 2.42. The molecule has 0 saturated heterocycles. The summed E-state index contributed by atoms with van der Waals surface area (Å²) in [5.41, 5.74) is 8.34. The Hall–Kier alpha value is -2.06. The minimum absolute atomic E-state index is 0.520. The van der Waals surface area contributed by atoms with Crippen molar-refractivity contribution >= 4 is 33.0 Å². The predicted octanol–water partition coefficient (Wildman–Crippen LogP) is 3.04. The van der Waals surface area contributed by atoms with Gasteiger partial charge in [0.15, 0.2) is 0 Å². The lowest BCUT2D eigenvalue weighted by Gasteiger charge is -2.11. The van der Waals surface area contributed by atoms with Crippen molar-refractivity contribution in [3.63, 3.8) is 0 Å². The molecule has 3 N–H and O–H groups in total. The quantitative estimate of drug-likeness (QED) is 0.891. The molecule has 0 aliphatic carbocycles. The van der Waals surface area contributed by atoms with Gasteiger partial charge >= 0.3 is 0 Å². The highest BCUT2D eigenvalue weighted by Crippen LogP contribution is 2.31. The number of pyridine rings is 1. The molecule has 0 spiro atoms. The van der Waals surface area contributed by atoms with Crippen LogP contribution >= 0.6 is 15.9 Å². The number of nitriles is 1. The van der Waals surface area contributed by atoms with Gasteiger partial charge in [-0.15, -0.1) is 0 Å². The monoisotopic (exact) mass is 288 g/mol. The zero-order valence-electron chi connectivity index (χ0n) is 8.81. The molecular formula is C12H9BrN4. The first-order chi connectivity index (χ1) is 8.22. The normalized spacial score (nSPS) is 9.65. The summed E-state index contributed by atoms with van der Waals surface area (Å²) < 4.78 is 0.755. The van der Waals surface area contributed by atoms with Crippen LogP contribution in [0, 0.1) is 11.3 Å². The first-order valence-corrected chi connectivity index (χ1v) is 5.67. The molecule has 17 heavy (non-hydrogen) atoms. The Labute approximate surface area is 107 Å². The van der Waals surface area contributed by atoms with Gasteiger partial charge in [0.05, 0.1) is 33.3 Å². The van der Waals surface area contributed by atoms with Crippen molar-refractivity contribution in [2.45, 2.75) is 0 Å². The van der Waals surface area contributed by atoms with Crippen molar-refractivity contribution in [1.29, 1.82) is 5.26 Å². The third-order valence-corrected chi connectivity index (χ3v) is 2.84. The summed E-state index contributed by atoms with van der Waals surface area (Å²) in [5, 5.41) is 12.1. The van der Waals surface area contributed by atoms with Crippen LogP contribution in [0.15, 0.2) is 41.1 Å². The first-order valence-electron chi connectivity index (χ1n) is 4.87. The lowest BCUT2D eigenvalue weighted by Crippen LogP contribution is -1.99. The Morgan fingerprint density at radius 1 is 1.29 bits per heavy atom. The van der Waals surface area contributed by atoms with Crippen LogP contribution in [0.4, 0.5) is 17.1 Å². The summed E-state index contributed by atoms with van der Waals surface area (Å²) in [4.78, 5) is 3.95. The molecule has 0 radical (unpaired) electrons. The van der Waals surface area contributed by atoms with Gasteiger partial charge in [-0.1, -0.05) is 12.1 Å². The van der Waals surface area contributed by atoms with Crippen molar-refractivity contribution in [1.82, 2.24) is 4.98 Å². The van der Waals surface area contributed by atoms with Gasteiger partial charge in [-0.25, -0.2) is 0 Å². The maximum atomic E-state index is 8.99. The second-order valence-electron chi connectivity index (χ2n) is 3.37. The summed E-state index contributed by atoms with van der Waals surface area (Å²) in [5.74, 6) is 0. The molecule has 0 saturated carbocycles. The van der Waals surface area contributed by atoms with Crippen molar-refractivity contribution in [3.8, 4) is 6.07 Å². The average molecular weight is 289 g/mol. The largest absolute Gasteiger partial charge is 0.396 e. The number of nitrogens with zero attached hydrogens (tertiary/aromatic N) is 2. The fourth-order valence-corrected chi connectivity index (χ4v) is 1.85. The zero-order valence-corrected chi connectivity index (χ0v) is 10.4. The molecule has 0 aliphatic heterocycles. The Morgan fingerprint density at radius 3 is 2.76 bits per heavy atom. The van der Waals surface area contributed by atoms with E-state index in [4.69, 9.17) is 11.0 Å². The molecule has 84 valence electrons. The van der Waals surface area contributed by atoms with Crippen molar-refractivity contribution in [3.05, 3.63) is 46.7 Å². The second-order valence-corrected chi connectivity index (χ2v) is 4.22. The average Bonchev–Trinajstić information content (AvgIpc) is 2.34. The Kier molecular flexibility index (Phi) is 3.26. The summed E-state index contributed by atoms with van der Waals surface area (Å²) in [7, 11) is 0. The van der Waals surface area contributed by atoms with Gasteiger partial charge in [0.1, 0.15) is 6.07 Å². The van der Waals surface area contributed by atoms with E-state index >= 15 is 0 Å². The highest BCUT2D eigenvalue weighted by molar-refractivity contribution is 9.10. The minimum atomic E-state index is 0.520. The van der Waals surface area contributed by atoms with Crippen LogP contribution in [-0.2, 0) is 0 Å². The van der Waals surface area contributed by atoms with Gasteiger partial charge in [-0.3, -0.25) is 4.98 Å². The highest BCUT2D eigenvalue weighted by Gasteiger charge is 2.07. The van der Waals surface area contributed by atoms with Gasteiger partial charge in [0.2, 0.25) is 0 Å². The first kappa shape index (κ1) is 11.4. The molecule has 0 aliphatic rings. The Morgan fingerprint density at radius 2 is 2.06 bits per heavy atom. The maximum absolute atomic E-state index is 8.99. The van der Waals surface area contributed by atoms with Crippen LogP contribution in [0.5, 0.6) is 0 Å². The lowest BCUT2D eigenvalue weighted by molar-refractivity contribution is 1.31. The third kappa shape index (κ3) is 2.37. The zero-order chi connectivity index (χ0) is 12.3. The molecule has 5 heteroatoms. The number of nitrogens with two attached hydrogens (primary N) is 1. The van der Waals surface area contributed by atoms with E-state index in [0.29, 0.717) is 22.6 Å². The molecule has 0 unspecified atom stereocenters. The molecule has 0 amide bonds. The number of nitrogen functional groups attached to an aromatic ring is 1. The number of hydrogen-bond acceptors (Lipinski definition) is 4. The van der Waals surface area contributed by atoms with E-state index in [0.717, 1.165) is 4.47 Å². The second kappa shape index (κ2) is 4.85. The van der Waals surface area contributed by atoms with E-state index in [1.165, 1.54) is 0 Å². The fraction of sp³-hybridized carbons (Fsp3) is 0. The molecule has 4 nitrogen and oxygen atoms in total. The number of halogens is 1. The molecule has 1 heterocycles. The number of hydrogen-bond donors (Lipinski definition) is 2. The lowest BCUT2D eigenvalue weighted by atomic mass is 10.2. The van der Waals surface area contributed by atoms with Crippen molar-refractivity contribution in [2.75, 3.05) is 11.1 Å². The van der Waals surface area contributed by atoms with E-state index < -0.39 is 0 Å². The molecular weight excluding hydrogens is 280 g/mol. The van der Waals surface area contributed by atoms with Crippen LogP contribution < -0.4 is 11.1 Å².